The maximum Gasteiger partial charge on any atom is 0.151 e. The van der Waals surface area contributed by atoms with Gasteiger partial charge in [0.1, 0.15) is 0 Å². The Kier molecular flexibility index (Phi) is 2.79. The lowest BCUT2D eigenvalue weighted by Crippen LogP contribution is -1.84. The Morgan fingerprint density at radius 2 is 2.07 bits per heavy atom. The van der Waals surface area contributed by atoms with Crippen LogP contribution in [0.25, 0.3) is 11.1 Å². The van der Waals surface area contributed by atoms with Crippen LogP contribution in [-0.4, -0.2) is 11.3 Å². The fourth-order valence-electron chi connectivity index (χ4n) is 1.34. The van der Waals surface area contributed by atoms with Crippen LogP contribution < -0.4 is 0 Å². The number of rotatable bonds is 2. The highest BCUT2D eigenvalue weighted by Gasteiger charge is 2.02. The van der Waals surface area contributed by atoms with E-state index in [-0.39, 0.29) is 0 Å². The predicted molar refractivity (Wildman–Crippen MR) is 60.1 cm³/mol. The summed E-state index contributed by atoms with van der Waals surface area (Å²) in [6, 6.07) is 9.13. The number of carbonyl (C=O) groups excluding carboxylic acids is 1. The fraction of sp³-hybridized carbons (Fsp3) is 0. The zero-order chi connectivity index (χ0) is 10.7. The summed E-state index contributed by atoms with van der Waals surface area (Å²) in [6.45, 7) is 0. The van der Waals surface area contributed by atoms with Crippen molar-refractivity contribution in [3.63, 3.8) is 0 Å². The van der Waals surface area contributed by atoms with Gasteiger partial charge in [-0.05, 0) is 23.8 Å². The molecule has 0 aliphatic carbocycles. The molecule has 15 heavy (non-hydrogen) atoms. The molecule has 0 bridgehead atoms. The molecule has 0 aliphatic heterocycles. The standard InChI is InChI=1S/C12H8ClNO/c13-12-6-9(3-4-11(12)8-15)10-2-1-5-14-7-10/h1-8H. The molecule has 0 aliphatic rings. The summed E-state index contributed by atoms with van der Waals surface area (Å²) in [5.74, 6) is 0. The minimum atomic E-state index is 0.464. The number of hydrogen-bond donors (Lipinski definition) is 0. The number of benzene rings is 1. The molecule has 1 aromatic carbocycles. The highest BCUT2D eigenvalue weighted by Crippen LogP contribution is 2.23. The number of pyridine rings is 1. The van der Waals surface area contributed by atoms with E-state index in [4.69, 9.17) is 11.6 Å². The Labute approximate surface area is 92.5 Å². The van der Waals surface area contributed by atoms with Crippen molar-refractivity contribution in [3.8, 4) is 11.1 Å². The van der Waals surface area contributed by atoms with Gasteiger partial charge in [0.05, 0.1) is 5.02 Å². The number of carbonyl (C=O) groups is 1. The van der Waals surface area contributed by atoms with E-state index >= 15 is 0 Å². The van der Waals surface area contributed by atoms with E-state index in [1.165, 1.54) is 0 Å². The number of nitrogens with zero attached hydrogens (tertiary/aromatic N) is 1. The number of aldehydes is 1. The maximum absolute atomic E-state index is 10.6. The topological polar surface area (TPSA) is 30.0 Å². The van der Waals surface area contributed by atoms with Gasteiger partial charge in [0.25, 0.3) is 0 Å². The van der Waals surface area contributed by atoms with Crippen molar-refractivity contribution in [3.05, 3.63) is 53.3 Å². The Morgan fingerprint density at radius 3 is 2.67 bits per heavy atom. The molecule has 2 nitrogen and oxygen atoms in total. The second kappa shape index (κ2) is 4.24. The summed E-state index contributed by atoms with van der Waals surface area (Å²) < 4.78 is 0. The van der Waals surface area contributed by atoms with E-state index in [2.05, 4.69) is 4.98 Å². The zero-order valence-electron chi connectivity index (χ0n) is 7.85. The monoisotopic (exact) mass is 217 g/mol. The van der Waals surface area contributed by atoms with Gasteiger partial charge in [0.15, 0.2) is 6.29 Å². The van der Waals surface area contributed by atoms with Crippen molar-refractivity contribution in [2.45, 2.75) is 0 Å². The molecule has 1 aromatic heterocycles. The van der Waals surface area contributed by atoms with Crippen LogP contribution >= 0.6 is 11.6 Å². The third-order valence-electron chi connectivity index (χ3n) is 2.12. The molecule has 0 spiro atoms. The fourth-order valence-corrected chi connectivity index (χ4v) is 1.56. The molecule has 2 rings (SSSR count). The molecular weight excluding hydrogens is 210 g/mol. The quantitative estimate of drug-likeness (QED) is 0.723. The van der Waals surface area contributed by atoms with Gasteiger partial charge in [-0.3, -0.25) is 9.78 Å². The van der Waals surface area contributed by atoms with Gasteiger partial charge >= 0.3 is 0 Å². The minimum Gasteiger partial charge on any atom is -0.298 e. The summed E-state index contributed by atoms with van der Waals surface area (Å²) in [7, 11) is 0. The molecule has 0 atom stereocenters. The normalized spacial score (nSPS) is 9.93. The van der Waals surface area contributed by atoms with Gasteiger partial charge in [0, 0.05) is 23.5 Å². The predicted octanol–water partition coefficient (Wildman–Crippen LogP) is 3.21. The smallest absolute Gasteiger partial charge is 0.151 e. The van der Waals surface area contributed by atoms with Gasteiger partial charge in [-0.1, -0.05) is 23.7 Å². The Hall–Kier alpha value is -1.67. The van der Waals surface area contributed by atoms with Crippen LogP contribution in [-0.2, 0) is 0 Å². The maximum atomic E-state index is 10.6. The first-order valence-corrected chi connectivity index (χ1v) is 4.84. The van der Waals surface area contributed by atoms with Crippen molar-refractivity contribution in [2.24, 2.45) is 0 Å². The SMILES string of the molecule is O=Cc1ccc(-c2cccnc2)cc1Cl. The molecule has 0 unspecified atom stereocenters. The van der Waals surface area contributed by atoms with Crippen molar-refractivity contribution in [1.29, 1.82) is 0 Å². The summed E-state index contributed by atoms with van der Waals surface area (Å²) in [5.41, 5.74) is 2.44. The van der Waals surface area contributed by atoms with E-state index < -0.39 is 0 Å². The lowest BCUT2D eigenvalue weighted by atomic mass is 10.1. The van der Waals surface area contributed by atoms with Crippen LogP contribution in [0.4, 0.5) is 0 Å². The van der Waals surface area contributed by atoms with Gasteiger partial charge in [-0.15, -0.1) is 0 Å². The first-order valence-electron chi connectivity index (χ1n) is 4.46. The number of halogens is 1. The number of hydrogen-bond acceptors (Lipinski definition) is 2. The van der Waals surface area contributed by atoms with E-state index in [0.717, 1.165) is 17.4 Å². The zero-order valence-corrected chi connectivity index (χ0v) is 8.61. The average Bonchev–Trinajstić information content (AvgIpc) is 2.30. The number of aromatic nitrogens is 1. The molecule has 0 amide bonds. The highest BCUT2D eigenvalue weighted by molar-refractivity contribution is 6.33. The first-order chi connectivity index (χ1) is 7.31. The molecule has 0 N–H and O–H groups in total. The molecule has 0 saturated carbocycles. The van der Waals surface area contributed by atoms with Gasteiger partial charge < -0.3 is 0 Å². The van der Waals surface area contributed by atoms with Gasteiger partial charge in [-0.2, -0.15) is 0 Å². The largest absolute Gasteiger partial charge is 0.298 e. The molecule has 0 radical (unpaired) electrons. The third kappa shape index (κ3) is 2.05. The van der Waals surface area contributed by atoms with Crippen LogP contribution in [0.3, 0.4) is 0 Å². The van der Waals surface area contributed by atoms with Gasteiger partial charge in [0.2, 0.25) is 0 Å². The average molecular weight is 218 g/mol. The summed E-state index contributed by atoms with van der Waals surface area (Å²) in [5, 5.41) is 0.464. The van der Waals surface area contributed by atoms with E-state index in [1.54, 1.807) is 24.5 Å². The van der Waals surface area contributed by atoms with Crippen molar-refractivity contribution < 1.29 is 4.79 Å². The third-order valence-corrected chi connectivity index (χ3v) is 2.45. The molecule has 2 aromatic rings. The summed E-state index contributed by atoms with van der Waals surface area (Å²) >= 11 is 5.93. The summed E-state index contributed by atoms with van der Waals surface area (Å²) in [6.07, 6.45) is 4.21. The highest BCUT2D eigenvalue weighted by atomic mass is 35.5. The molecule has 0 fully saturated rings. The lowest BCUT2D eigenvalue weighted by Gasteiger charge is -2.02. The van der Waals surface area contributed by atoms with Crippen LogP contribution in [0.2, 0.25) is 5.02 Å². The molecule has 3 heteroatoms. The lowest BCUT2D eigenvalue weighted by molar-refractivity contribution is 0.112. The first kappa shape index (κ1) is 9.87. The Bertz CT molecular complexity index is 482. The van der Waals surface area contributed by atoms with E-state index in [9.17, 15) is 4.79 Å². The van der Waals surface area contributed by atoms with E-state index in [0.29, 0.717) is 10.6 Å². The van der Waals surface area contributed by atoms with Crippen LogP contribution in [0.15, 0.2) is 42.7 Å². The van der Waals surface area contributed by atoms with Crippen LogP contribution in [0.5, 0.6) is 0 Å². The van der Waals surface area contributed by atoms with E-state index in [1.807, 2.05) is 18.2 Å². The second-order valence-corrected chi connectivity index (χ2v) is 3.50. The molecule has 1 heterocycles. The van der Waals surface area contributed by atoms with Crippen molar-refractivity contribution in [2.75, 3.05) is 0 Å². The van der Waals surface area contributed by atoms with Gasteiger partial charge in [-0.25, -0.2) is 0 Å². The molecule has 0 saturated heterocycles. The Balaban J connectivity index is 2.47. The van der Waals surface area contributed by atoms with Crippen molar-refractivity contribution in [1.82, 2.24) is 4.98 Å². The van der Waals surface area contributed by atoms with Crippen LogP contribution in [0.1, 0.15) is 10.4 Å². The van der Waals surface area contributed by atoms with Crippen molar-refractivity contribution >= 4 is 17.9 Å². The minimum absolute atomic E-state index is 0.464. The molecule has 74 valence electrons. The second-order valence-electron chi connectivity index (χ2n) is 3.10. The van der Waals surface area contributed by atoms with Crippen LogP contribution in [0, 0.1) is 0 Å². The Morgan fingerprint density at radius 1 is 1.20 bits per heavy atom. The summed E-state index contributed by atoms with van der Waals surface area (Å²) in [4.78, 5) is 14.6. The molecular formula is C12H8ClNO.